The second-order valence-corrected chi connectivity index (χ2v) is 6.29. The van der Waals surface area contributed by atoms with Crippen LogP contribution in [0.4, 0.5) is 0 Å². The quantitative estimate of drug-likeness (QED) is 0.635. The fourth-order valence-corrected chi connectivity index (χ4v) is 3.04. The highest BCUT2D eigenvalue weighted by molar-refractivity contribution is 5.79. The Morgan fingerprint density at radius 1 is 0.577 bits per heavy atom. The van der Waals surface area contributed by atoms with Crippen LogP contribution in [-0.2, 0) is 45.4 Å². The first-order valence-corrected chi connectivity index (χ1v) is 8.52. The number of benzene rings is 2. The lowest BCUT2D eigenvalue weighted by Crippen LogP contribution is -1.99. The van der Waals surface area contributed by atoms with E-state index in [0.29, 0.717) is 26.4 Å². The van der Waals surface area contributed by atoms with Crippen LogP contribution in [0.1, 0.15) is 33.4 Å². The fraction of sp³-hybridized carbons (Fsp3) is 0.364. The summed E-state index contributed by atoms with van der Waals surface area (Å²) in [4.78, 5) is 0. The Balaban J connectivity index is 2.43. The summed E-state index contributed by atoms with van der Waals surface area (Å²) in [6, 6.07) is 12.7. The first-order chi connectivity index (χ1) is 12.6. The van der Waals surface area contributed by atoms with Gasteiger partial charge in [-0.05, 0) is 63.2 Å². The van der Waals surface area contributed by atoms with E-state index in [1.165, 1.54) is 0 Å². The summed E-state index contributed by atoms with van der Waals surface area (Å²) in [6.07, 6.45) is 0. The lowest BCUT2D eigenvalue weighted by atomic mass is 9.93. The van der Waals surface area contributed by atoms with Gasteiger partial charge in [0.15, 0.2) is 0 Å². The molecule has 0 fully saturated rings. The lowest BCUT2D eigenvalue weighted by molar-refractivity contribution is 0.180. The summed E-state index contributed by atoms with van der Waals surface area (Å²) < 4.78 is 21.2. The van der Waals surface area contributed by atoms with Crippen molar-refractivity contribution in [2.75, 3.05) is 28.4 Å². The van der Waals surface area contributed by atoms with Crippen molar-refractivity contribution < 1.29 is 18.9 Å². The van der Waals surface area contributed by atoms with Gasteiger partial charge in [0.2, 0.25) is 0 Å². The van der Waals surface area contributed by atoms with Crippen molar-refractivity contribution in [2.45, 2.75) is 26.4 Å². The van der Waals surface area contributed by atoms with E-state index in [1.807, 2.05) is 0 Å². The highest BCUT2D eigenvalue weighted by atomic mass is 16.5. The summed E-state index contributed by atoms with van der Waals surface area (Å²) in [5.41, 5.74) is 7.48. The largest absolute Gasteiger partial charge is 0.380 e. The maximum atomic E-state index is 5.30. The van der Waals surface area contributed by atoms with Gasteiger partial charge < -0.3 is 18.9 Å². The van der Waals surface area contributed by atoms with Crippen LogP contribution in [0.25, 0.3) is 5.57 Å². The number of rotatable bonds is 10. The SMILES string of the molecule is C=C(c1cc(COC)cc(COC)c1)c1cc(COC)cc(COC)c1. The van der Waals surface area contributed by atoms with Crippen LogP contribution in [0.5, 0.6) is 0 Å². The van der Waals surface area contributed by atoms with E-state index in [9.17, 15) is 0 Å². The molecule has 0 radical (unpaired) electrons. The van der Waals surface area contributed by atoms with Crippen molar-refractivity contribution in [3.63, 3.8) is 0 Å². The van der Waals surface area contributed by atoms with Gasteiger partial charge in [0.1, 0.15) is 0 Å². The predicted molar refractivity (Wildman–Crippen MR) is 104 cm³/mol. The Hall–Kier alpha value is -1.98. The molecule has 2 aromatic rings. The number of hydrogen-bond acceptors (Lipinski definition) is 4. The van der Waals surface area contributed by atoms with Crippen LogP contribution in [0.2, 0.25) is 0 Å². The second-order valence-electron chi connectivity index (χ2n) is 6.29. The van der Waals surface area contributed by atoms with E-state index in [0.717, 1.165) is 39.0 Å². The molecule has 4 heteroatoms. The molecule has 0 saturated carbocycles. The summed E-state index contributed by atoms with van der Waals surface area (Å²) in [7, 11) is 6.79. The van der Waals surface area contributed by atoms with Crippen LogP contribution < -0.4 is 0 Å². The van der Waals surface area contributed by atoms with Crippen molar-refractivity contribution in [3.05, 3.63) is 76.4 Å². The molecule has 0 aromatic heterocycles. The molecule has 140 valence electrons. The van der Waals surface area contributed by atoms with Gasteiger partial charge in [0.05, 0.1) is 26.4 Å². The summed E-state index contributed by atoms with van der Waals surface area (Å²) >= 11 is 0. The van der Waals surface area contributed by atoms with Gasteiger partial charge in [0, 0.05) is 28.4 Å². The molecule has 0 aliphatic carbocycles. The molecule has 0 N–H and O–H groups in total. The van der Waals surface area contributed by atoms with Crippen LogP contribution in [0.15, 0.2) is 43.0 Å². The molecule has 2 rings (SSSR count). The minimum Gasteiger partial charge on any atom is -0.380 e. The third-order valence-electron chi connectivity index (χ3n) is 4.05. The third-order valence-corrected chi connectivity index (χ3v) is 4.05. The zero-order valence-corrected chi connectivity index (χ0v) is 16.1. The van der Waals surface area contributed by atoms with Gasteiger partial charge in [-0.15, -0.1) is 0 Å². The van der Waals surface area contributed by atoms with Gasteiger partial charge in [-0.2, -0.15) is 0 Å². The predicted octanol–water partition coefficient (Wildman–Crippen LogP) is 4.33. The molecule has 0 saturated heterocycles. The molecule has 0 heterocycles. The van der Waals surface area contributed by atoms with E-state index in [4.69, 9.17) is 18.9 Å². The molecular formula is C22H28O4. The Morgan fingerprint density at radius 3 is 1.08 bits per heavy atom. The molecule has 0 aliphatic rings. The van der Waals surface area contributed by atoms with Crippen molar-refractivity contribution in [3.8, 4) is 0 Å². The summed E-state index contributed by atoms with van der Waals surface area (Å²) in [6.45, 7) is 6.55. The Labute approximate surface area is 156 Å². The summed E-state index contributed by atoms with van der Waals surface area (Å²) in [5.74, 6) is 0. The van der Waals surface area contributed by atoms with E-state index in [2.05, 4.69) is 43.0 Å². The molecular weight excluding hydrogens is 328 g/mol. The second kappa shape index (κ2) is 10.2. The molecule has 0 spiro atoms. The fourth-order valence-electron chi connectivity index (χ4n) is 3.04. The van der Waals surface area contributed by atoms with Crippen LogP contribution >= 0.6 is 0 Å². The molecule has 2 aromatic carbocycles. The van der Waals surface area contributed by atoms with Gasteiger partial charge in [-0.3, -0.25) is 0 Å². The maximum Gasteiger partial charge on any atom is 0.0713 e. The van der Waals surface area contributed by atoms with Crippen molar-refractivity contribution in [1.29, 1.82) is 0 Å². The highest BCUT2D eigenvalue weighted by Gasteiger charge is 2.09. The molecule has 26 heavy (non-hydrogen) atoms. The van der Waals surface area contributed by atoms with Gasteiger partial charge in [0.25, 0.3) is 0 Å². The van der Waals surface area contributed by atoms with Crippen molar-refractivity contribution >= 4 is 5.57 Å². The van der Waals surface area contributed by atoms with Gasteiger partial charge >= 0.3 is 0 Å². The van der Waals surface area contributed by atoms with Gasteiger partial charge in [-0.1, -0.05) is 18.7 Å². The third kappa shape index (κ3) is 5.51. The smallest absolute Gasteiger partial charge is 0.0713 e. The van der Waals surface area contributed by atoms with Crippen LogP contribution in [0, 0.1) is 0 Å². The minimum atomic E-state index is 0.552. The molecule has 4 nitrogen and oxygen atoms in total. The van der Waals surface area contributed by atoms with Crippen molar-refractivity contribution in [1.82, 2.24) is 0 Å². The van der Waals surface area contributed by atoms with Crippen LogP contribution in [-0.4, -0.2) is 28.4 Å². The zero-order valence-electron chi connectivity index (χ0n) is 16.1. The summed E-state index contributed by atoms with van der Waals surface area (Å²) in [5, 5.41) is 0. The van der Waals surface area contributed by atoms with Crippen LogP contribution in [0.3, 0.4) is 0 Å². The maximum absolute atomic E-state index is 5.30. The Morgan fingerprint density at radius 2 is 0.846 bits per heavy atom. The number of methoxy groups -OCH3 is 4. The molecule has 0 bridgehead atoms. The Bertz CT molecular complexity index is 627. The minimum absolute atomic E-state index is 0.552. The normalized spacial score (nSPS) is 10.9. The molecule has 0 aliphatic heterocycles. The van der Waals surface area contributed by atoms with E-state index in [-0.39, 0.29) is 0 Å². The van der Waals surface area contributed by atoms with Crippen molar-refractivity contribution in [2.24, 2.45) is 0 Å². The highest BCUT2D eigenvalue weighted by Crippen LogP contribution is 2.27. The standard InChI is InChI=1S/C22H28O4/c1-16(21-8-17(12-23-2)6-18(9-21)13-24-3)22-10-19(14-25-4)7-20(11-22)15-26-5/h6-11H,1,12-15H2,2-5H3. The number of ether oxygens (including phenoxy) is 4. The topological polar surface area (TPSA) is 36.9 Å². The molecule has 0 unspecified atom stereocenters. The average Bonchev–Trinajstić information content (AvgIpc) is 2.62. The molecule has 0 atom stereocenters. The van der Waals surface area contributed by atoms with E-state index in [1.54, 1.807) is 28.4 Å². The zero-order chi connectivity index (χ0) is 18.9. The average molecular weight is 356 g/mol. The lowest BCUT2D eigenvalue weighted by Gasteiger charge is -2.14. The van der Waals surface area contributed by atoms with E-state index < -0.39 is 0 Å². The van der Waals surface area contributed by atoms with Gasteiger partial charge in [-0.25, -0.2) is 0 Å². The number of hydrogen-bond donors (Lipinski definition) is 0. The monoisotopic (exact) mass is 356 g/mol. The Kier molecular flexibility index (Phi) is 8.01. The first kappa shape index (κ1) is 20.3. The first-order valence-electron chi connectivity index (χ1n) is 8.52. The molecule has 0 amide bonds. The van der Waals surface area contributed by atoms with E-state index >= 15 is 0 Å².